The molecule has 0 saturated heterocycles. The molecule has 1 aromatic rings. The smallest absolute Gasteiger partial charge is 0.101 e. The zero-order valence-electron chi connectivity index (χ0n) is 9.79. The molecule has 1 saturated carbocycles. The maximum absolute atomic E-state index is 8.78. The SMILES string of the molecule is COC1(CNc2ccc(C#N)c(Cl)c2)CCC1. The van der Waals surface area contributed by atoms with Gasteiger partial charge in [0, 0.05) is 19.3 Å². The maximum Gasteiger partial charge on any atom is 0.101 e. The molecule has 17 heavy (non-hydrogen) atoms. The monoisotopic (exact) mass is 250 g/mol. The first-order chi connectivity index (χ1) is 8.19. The van der Waals surface area contributed by atoms with Gasteiger partial charge in [-0.2, -0.15) is 5.26 Å². The van der Waals surface area contributed by atoms with E-state index in [1.807, 2.05) is 12.1 Å². The molecule has 1 aliphatic carbocycles. The predicted octanol–water partition coefficient (Wildman–Crippen LogP) is 3.19. The minimum atomic E-state index is -0.0135. The van der Waals surface area contributed by atoms with Crippen LogP contribution in [0.3, 0.4) is 0 Å². The first-order valence-corrected chi connectivity index (χ1v) is 6.06. The molecule has 0 bridgehead atoms. The summed E-state index contributed by atoms with van der Waals surface area (Å²) in [5.41, 5.74) is 1.42. The highest BCUT2D eigenvalue weighted by Crippen LogP contribution is 2.35. The summed E-state index contributed by atoms with van der Waals surface area (Å²) in [6.45, 7) is 0.783. The second-order valence-corrected chi connectivity index (χ2v) is 4.81. The van der Waals surface area contributed by atoms with Crippen LogP contribution in [0.2, 0.25) is 5.02 Å². The third kappa shape index (κ3) is 2.54. The molecule has 0 amide bonds. The predicted molar refractivity (Wildman–Crippen MR) is 68.2 cm³/mol. The first-order valence-electron chi connectivity index (χ1n) is 5.68. The molecular weight excluding hydrogens is 236 g/mol. The number of rotatable bonds is 4. The molecule has 1 fully saturated rings. The summed E-state index contributed by atoms with van der Waals surface area (Å²) < 4.78 is 5.52. The van der Waals surface area contributed by atoms with Crippen molar-refractivity contribution < 1.29 is 4.74 Å². The zero-order chi connectivity index (χ0) is 12.3. The van der Waals surface area contributed by atoms with Crippen LogP contribution < -0.4 is 5.32 Å². The summed E-state index contributed by atoms with van der Waals surface area (Å²) in [6, 6.07) is 7.42. The highest BCUT2D eigenvalue weighted by Gasteiger charge is 2.36. The van der Waals surface area contributed by atoms with Crippen LogP contribution in [-0.2, 0) is 4.74 Å². The number of benzene rings is 1. The Morgan fingerprint density at radius 1 is 1.53 bits per heavy atom. The van der Waals surface area contributed by atoms with Crippen molar-refractivity contribution in [3.63, 3.8) is 0 Å². The number of nitrogens with one attached hydrogen (secondary N) is 1. The third-order valence-corrected chi connectivity index (χ3v) is 3.71. The van der Waals surface area contributed by atoms with Gasteiger partial charge in [-0.05, 0) is 37.5 Å². The number of hydrogen-bond acceptors (Lipinski definition) is 3. The summed E-state index contributed by atoms with van der Waals surface area (Å²) in [4.78, 5) is 0. The van der Waals surface area contributed by atoms with E-state index < -0.39 is 0 Å². The van der Waals surface area contributed by atoms with Crippen LogP contribution in [0.4, 0.5) is 5.69 Å². The van der Waals surface area contributed by atoms with Gasteiger partial charge in [-0.1, -0.05) is 11.6 Å². The van der Waals surface area contributed by atoms with Gasteiger partial charge < -0.3 is 10.1 Å². The molecule has 2 rings (SSSR count). The van der Waals surface area contributed by atoms with Gasteiger partial charge in [0.25, 0.3) is 0 Å². The molecular formula is C13H15ClN2O. The Morgan fingerprint density at radius 2 is 2.29 bits per heavy atom. The van der Waals surface area contributed by atoms with Crippen LogP contribution >= 0.6 is 11.6 Å². The molecule has 90 valence electrons. The highest BCUT2D eigenvalue weighted by atomic mass is 35.5. The number of halogens is 1. The lowest BCUT2D eigenvalue weighted by atomic mass is 9.80. The van der Waals surface area contributed by atoms with Crippen LogP contribution in [0, 0.1) is 11.3 Å². The molecule has 0 aliphatic heterocycles. The number of anilines is 1. The van der Waals surface area contributed by atoms with E-state index in [0.717, 1.165) is 25.1 Å². The van der Waals surface area contributed by atoms with Gasteiger partial charge >= 0.3 is 0 Å². The summed E-state index contributed by atoms with van der Waals surface area (Å²) in [5.74, 6) is 0. The average molecular weight is 251 g/mol. The molecule has 0 heterocycles. The molecule has 0 radical (unpaired) electrons. The molecule has 0 aromatic heterocycles. The summed E-state index contributed by atoms with van der Waals surface area (Å²) in [6.07, 6.45) is 3.42. The van der Waals surface area contributed by atoms with E-state index in [4.69, 9.17) is 21.6 Å². The minimum absolute atomic E-state index is 0.0135. The fraction of sp³-hybridized carbons (Fsp3) is 0.462. The van der Waals surface area contributed by atoms with E-state index in [0.29, 0.717) is 10.6 Å². The largest absolute Gasteiger partial charge is 0.382 e. The molecule has 1 aromatic carbocycles. The Labute approximate surface area is 106 Å². The fourth-order valence-corrected chi connectivity index (χ4v) is 2.23. The summed E-state index contributed by atoms with van der Waals surface area (Å²) in [7, 11) is 1.76. The van der Waals surface area contributed by atoms with Crippen LogP contribution in [0.1, 0.15) is 24.8 Å². The van der Waals surface area contributed by atoms with Gasteiger partial charge in [0.1, 0.15) is 6.07 Å². The lowest BCUT2D eigenvalue weighted by Gasteiger charge is -2.40. The minimum Gasteiger partial charge on any atom is -0.382 e. The third-order valence-electron chi connectivity index (χ3n) is 3.40. The van der Waals surface area contributed by atoms with Crippen molar-refractivity contribution in [1.82, 2.24) is 0 Å². The molecule has 0 spiro atoms. The van der Waals surface area contributed by atoms with E-state index in [9.17, 15) is 0 Å². The Bertz CT molecular complexity index is 444. The van der Waals surface area contributed by atoms with Gasteiger partial charge in [0.05, 0.1) is 16.2 Å². The quantitative estimate of drug-likeness (QED) is 0.893. The Hall–Kier alpha value is -1.24. The van der Waals surface area contributed by atoms with E-state index in [1.54, 1.807) is 19.2 Å². The van der Waals surface area contributed by atoms with Crippen LogP contribution in [-0.4, -0.2) is 19.3 Å². The molecule has 0 unspecified atom stereocenters. The topological polar surface area (TPSA) is 45.0 Å². The van der Waals surface area contributed by atoms with Gasteiger partial charge in [-0.3, -0.25) is 0 Å². The van der Waals surface area contributed by atoms with Crippen molar-refractivity contribution in [1.29, 1.82) is 5.26 Å². The van der Waals surface area contributed by atoms with Crippen LogP contribution in [0.25, 0.3) is 0 Å². The number of nitriles is 1. The van der Waals surface area contributed by atoms with Gasteiger partial charge in [-0.15, -0.1) is 0 Å². The molecule has 1 N–H and O–H groups in total. The highest BCUT2D eigenvalue weighted by molar-refractivity contribution is 6.32. The number of methoxy groups -OCH3 is 1. The van der Waals surface area contributed by atoms with Crippen molar-refractivity contribution in [2.45, 2.75) is 24.9 Å². The Morgan fingerprint density at radius 3 is 2.76 bits per heavy atom. The number of nitrogens with zero attached hydrogens (tertiary/aromatic N) is 1. The lowest BCUT2D eigenvalue weighted by Crippen LogP contribution is -2.45. The zero-order valence-corrected chi connectivity index (χ0v) is 10.5. The average Bonchev–Trinajstić information content (AvgIpc) is 2.28. The van der Waals surface area contributed by atoms with Gasteiger partial charge in [0.2, 0.25) is 0 Å². The van der Waals surface area contributed by atoms with Crippen molar-refractivity contribution in [2.75, 3.05) is 19.0 Å². The number of hydrogen-bond donors (Lipinski definition) is 1. The normalized spacial score (nSPS) is 17.0. The fourth-order valence-electron chi connectivity index (χ4n) is 2.00. The number of ether oxygens (including phenoxy) is 1. The summed E-state index contributed by atoms with van der Waals surface area (Å²) in [5, 5.41) is 12.6. The van der Waals surface area contributed by atoms with E-state index in [2.05, 4.69) is 5.32 Å². The maximum atomic E-state index is 8.78. The first kappa shape index (κ1) is 12.2. The van der Waals surface area contributed by atoms with E-state index in [-0.39, 0.29) is 5.60 Å². The molecule has 0 atom stereocenters. The van der Waals surface area contributed by atoms with E-state index in [1.165, 1.54) is 6.42 Å². The van der Waals surface area contributed by atoms with Crippen molar-refractivity contribution in [3.05, 3.63) is 28.8 Å². The van der Waals surface area contributed by atoms with Crippen LogP contribution in [0.5, 0.6) is 0 Å². The standard InChI is InChI=1S/C13H15ClN2O/c1-17-13(5-2-6-13)9-16-11-4-3-10(8-15)12(14)7-11/h3-4,7,16H,2,5-6,9H2,1H3. The van der Waals surface area contributed by atoms with Gasteiger partial charge in [-0.25, -0.2) is 0 Å². The van der Waals surface area contributed by atoms with E-state index >= 15 is 0 Å². The van der Waals surface area contributed by atoms with Crippen molar-refractivity contribution in [3.8, 4) is 6.07 Å². The second-order valence-electron chi connectivity index (χ2n) is 4.40. The lowest BCUT2D eigenvalue weighted by molar-refractivity contribution is -0.0601. The Kier molecular flexibility index (Phi) is 3.56. The summed E-state index contributed by atoms with van der Waals surface area (Å²) >= 11 is 5.97. The van der Waals surface area contributed by atoms with Crippen molar-refractivity contribution >= 4 is 17.3 Å². The molecule has 1 aliphatic rings. The second kappa shape index (κ2) is 4.95. The van der Waals surface area contributed by atoms with Crippen molar-refractivity contribution in [2.24, 2.45) is 0 Å². The van der Waals surface area contributed by atoms with Crippen LogP contribution in [0.15, 0.2) is 18.2 Å². The molecule has 3 nitrogen and oxygen atoms in total. The van der Waals surface area contributed by atoms with Gasteiger partial charge in [0.15, 0.2) is 0 Å². The Balaban J connectivity index is 2.00. The molecule has 4 heteroatoms.